The molecular formula is C10H12O5. The van der Waals surface area contributed by atoms with Crippen molar-refractivity contribution in [3.63, 3.8) is 0 Å². The van der Waals surface area contributed by atoms with Gasteiger partial charge in [-0.15, -0.1) is 0 Å². The van der Waals surface area contributed by atoms with E-state index >= 15 is 0 Å². The first-order valence-electron chi connectivity index (χ1n) is 4.96. The lowest BCUT2D eigenvalue weighted by Crippen LogP contribution is -2.43. The van der Waals surface area contributed by atoms with Gasteiger partial charge in [-0.1, -0.05) is 6.08 Å². The van der Waals surface area contributed by atoms with E-state index in [0.29, 0.717) is 0 Å². The van der Waals surface area contributed by atoms with Crippen LogP contribution in [0.1, 0.15) is 13.8 Å². The number of rotatable bonds is 0. The summed E-state index contributed by atoms with van der Waals surface area (Å²) in [5.74, 6) is -0.635. The highest BCUT2D eigenvalue weighted by molar-refractivity contribution is 5.63. The number of carbonyl (C=O) groups is 1. The van der Waals surface area contributed by atoms with Crippen LogP contribution in [0.25, 0.3) is 0 Å². The van der Waals surface area contributed by atoms with Gasteiger partial charge in [0, 0.05) is 0 Å². The van der Waals surface area contributed by atoms with E-state index in [1.165, 1.54) is 0 Å². The molecule has 2 aliphatic heterocycles. The van der Waals surface area contributed by atoms with Crippen LogP contribution in [0.5, 0.6) is 0 Å². The van der Waals surface area contributed by atoms with Gasteiger partial charge in [-0.05, 0) is 19.9 Å². The van der Waals surface area contributed by atoms with Gasteiger partial charge in [0.2, 0.25) is 0 Å². The van der Waals surface area contributed by atoms with Crippen molar-refractivity contribution in [3.05, 3.63) is 12.2 Å². The summed E-state index contributed by atoms with van der Waals surface area (Å²) in [6.45, 7) is 3.68. The molecule has 4 atom stereocenters. The van der Waals surface area contributed by atoms with Crippen LogP contribution in [0.2, 0.25) is 0 Å². The Hall–Kier alpha value is -1.07. The lowest BCUT2D eigenvalue weighted by Gasteiger charge is -2.25. The Labute approximate surface area is 86.9 Å². The molecule has 5 heteroatoms. The summed E-state index contributed by atoms with van der Waals surface area (Å²) in [5, 5.41) is 0. The first-order valence-corrected chi connectivity index (χ1v) is 4.96. The Morgan fingerprint density at radius 3 is 2.60 bits per heavy atom. The number of carbonyl (C=O) groups excluding carboxylic acids is 1. The predicted molar refractivity (Wildman–Crippen MR) is 48.1 cm³/mol. The molecule has 0 radical (unpaired) electrons. The lowest BCUT2D eigenvalue weighted by atomic mass is 9.97. The normalized spacial score (nSPS) is 45.6. The molecule has 82 valence electrons. The highest BCUT2D eigenvalue weighted by Crippen LogP contribution is 2.38. The summed E-state index contributed by atoms with van der Waals surface area (Å²) < 4.78 is 21.3. The van der Waals surface area contributed by atoms with Crippen LogP contribution in [-0.2, 0) is 18.9 Å². The molecule has 15 heavy (non-hydrogen) atoms. The van der Waals surface area contributed by atoms with Crippen molar-refractivity contribution in [2.24, 2.45) is 0 Å². The average molecular weight is 212 g/mol. The van der Waals surface area contributed by atoms with Crippen molar-refractivity contribution in [3.8, 4) is 0 Å². The van der Waals surface area contributed by atoms with E-state index in [2.05, 4.69) is 0 Å². The lowest BCUT2D eigenvalue weighted by molar-refractivity contribution is -0.151. The molecule has 3 rings (SSSR count). The third-order valence-corrected chi connectivity index (χ3v) is 2.77. The van der Waals surface area contributed by atoms with Crippen molar-refractivity contribution >= 4 is 6.16 Å². The molecule has 0 aromatic heterocycles. The van der Waals surface area contributed by atoms with Crippen molar-refractivity contribution in [1.29, 1.82) is 0 Å². The number of hydrogen-bond donors (Lipinski definition) is 0. The van der Waals surface area contributed by atoms with E-state index in [1.54, 1.807) is 6.08 Å². The molecule has 2 fully saturated rings. The van der Waals surface area contributed by atoms with Crippen molar-refractivity contribution in [2.75, 3.05) is 0 Å². The minimum Gasteiger partial charge on any atom is -0.424 e. The Morgan fingerprint density at radius 2 is 1.80 bits per heavy atom. The molecule has 0 spiro atoms. The first-order chi connectivity index (χ1) is 7.05. The standard InChI is InChI=1S/C10H12O5/c1-10(2)14-6-4-3-5-7(8(6)15-10)13-9(11)12-5/h3-8H,1-2H3/t5-,6-,7-,8-/m0/s1. The highest BCUT2D eigenvalue weighted by atomic mass is 16.8. The van der Waals surface area contributed by atoms with Gasteiger partial charge < -0.3 is 18.9 Å². The van der Waals surface area contributed by atoms with E-state index in [9.17, 15) is 4.79 Å². The smallest absolute Gasteiger partial charge is 0.424 e. The maximum atomic E-state index is 11.0. The van der Waals surface area contributed by atoms with Crippen molar-refractivity contribution in [2.45, 2.75) is 44.1 Å². The molecule has 3 aliphatic rings. The van der Waals surface area contributed by atoms with Gasteiger partial charge in [0.15, 0.2) is 18.0 Å². The van der Waals surface area contributed by atoms with E-state index in [4.69, 9.17) is 18.9 Å². The number of hydrogen-bond acceptors (Lipinski definition) is 5. The summed E-state index contributed by atoms with van der Waals surface area (Å²) in [6.07, 6.45) is 1.88. The second-order valence-electron chi connectivity index (χ2n) is 4.36. The summed E-state index contributed by atoms with van der Waals surface area (Å²) in [5.41, 5.74) is 0. The van der Waals surface area contributed by atoms with E-state index in [0.717, 1.165) is 0 Å². The molecule has 2 heterocycles. The van der Waals surface area contributed by atoms with Crippen LogP contribution < -0.4 is 0 Å². The van der Waals surface area contributed by atoms with Crippen LogP contribution in [0.4, 0.5) is 4.79 Å². The molecule has 0 aromatic rings. The highest BCUT2D eigenvalue weighted by Gasteiger charge is 2.53. The summed E-state index contributed by atoms with van der Waals surface area (Å²) in [4.78, 5) is 11.0. The van der Waals surface area contributed by atoms with E-state index < -0.39 is 11.9 Å². The predicted octanol–water partition coefficient (Wildman–Crippen LogP) is 0.980. The molecule has 5 nitrogen and oxygen atoms in total. The minimum absolute atomic E-state index is 0.157. The molecule has 0 aromatic carbocycles. The summed E-state index contributed by atoms with van der Waals surface area (Å²) in [7, 11) is 0. The van der Waals surface area contributed by atoms with Crippen LogP contribution in [0, 0.1) is 0 Å². The van der Waals surface area contributed by atoms with Gasteiger partial charge >= 0.3 is 6.16 Å². The molecule has 0 saturated carbocycles. The van der Waals surface area contributed by atoms with Gasteiger partial charge in [0.1, 0.15) is 12.2 Å². The van der Waals surface area contributed by atoms with Crippen molar-refractivity contribution < 1.29 is 23.7 Å². The SMILES string of the molecule is CC1(C)O[C@@H]2[C@H]3OC(=O)O[C@H]3C=C[C@@H]2O1. The van der Waals surface area contributed by atoms with Crippen LogP contribution in [0.3, 0.4) is 0 Å². The topological polar surface area (TPSA) is 54.0 Å². The van der Waals surface area contributed by atoms with E-state index in [1.807, 2.05) is 19.9 Å². The van der Waals surface area contributed by atoms with E-state index in [-0.39, 0.29) is 24.4 Å². The van der Waals surface area contributed by atoms with Gasteiger partial charge in [-0.25, -0.2) is 4.79 Å². The zero-order chi connectivity index (χ0) is 10.6. The molecule has 2 saturated heterocycles. The monoisotopic (exact) mass is 212 g/mol. The third kappa shape index (κ3) is 1.34. The zero-order valence-corrected chi connectivity index (χ0v) is 8.51. The number of fused-ring (bicyclic) bond motifs is 3. The molecule has 0 bridgehead atoms. The fourth-order valence-electron chi connectivity index (χ4n) is 2.23. The van der Waals surface area contributed by atoms with Gasteiger partial charge in [0.05, 0.1) is 0 Å². The fraction of sp³-hybridized carbons (Fsp3) is 0.700. The Kier molecular flexibility index (Phi) is 1.67. The average Bonchev–Trinajstić information content (AvgIpc) is 2.62. The Bertz CT molecular complexity index is 335. The second-order valence-corrected chi connectivity index (χ2v) is 4.36. The fourth-order valence-corrected chi connectivity index (χ4v) is 2.23. The minimum atomic E-state index is -0.636. The van der Waals surface area contributed by atoms with Crippen LogP contribution >= 0.6 is 0 Å². The van der Waals surface area contributed by atoms with Crippen molar-refractivity contribution in [1.82, 2.24) is 0 Å². The largest absolute Gasteiger partial charge is 0.509 e. The van der Waals surface area contributed by atoms with Gasteiger partial charge in [0.25, 0.3) is 0 Å². The Morgan fingerprint density at radius 1 is 1.07 bits per heavy atom. The summed E-state index contributed by atoms with van der Waals surface area (Å²) in [6, 6.07) is 0. The van der Waals surface area contributed by atoms with Gasteiger partial charge in [-0.2, -0.15) is 0 Å². The maximum absolute atomic E-state index is 11.0. The molecule has 0 unspecified atom stereocenters. The first kappa shape index (κ1) is 9.18. The maximum Gasteiger partial charge on any atom is 0.509 e. The summed E-state index contributed by atoms with van der Waals surface area (Å²) >= 11 is 0. The quantitative estimate of drug-likeness (QED) is 0.442. The molecule has 0 N–H and O–H groups in total. The van der Waals surface area contributed by atoms with Crippen LogP contribution in [0.15, 0.2) is 12.2 Å². The molecular weight excluding hydrogens is 200 g/mol. The third-order valence-electron chi connectivity index (χ3n) is 2.77. The second kappa shape index (κ2) is 2.74. The number of ether oxygens (including phenoxy) is 4. The Balaban J connectivity index is 1.88. The van der Waals surface area contributed by atoms with Crippen LogP contribution in [-0.4, -0.2) is 36.4 Å². The van der Waals surface area contributed by atoms with Gasteiger partial charge in [-0.3, -0.25) is 0 Å². The molecule has 1 aliphatic carbocycles. The zero-order valence-electron chi connectivity index (χ0n) is 8.51. The molecule has 0 amide bonds.